The van der Waals surface area contributed by atoms with E-state index in [9.17, 15) is 14.0 Å². The highest BCUT2D eigenvalue weighted by atomic mass is 79.9. The van der Waals surface area contributed by atoms with Gasteiger partial charge in [0.15, 0.2) is 6.61 Å². The second kappa shape index (κ2) is 10.1. The molecule has 0 aliphatic rings. The third kappa shape index (κ3) is 5.32. The second-order valence-corrected chi connectivity index (χ2v) is 8.53. The van der Waals surface area contributed by atoms with Gasteiger partial charge in [0, 0.05) is 15.1 Å². The summed E-state index contributed by atoms with van der Waals surface area (Å²) in [6.07, 6.45) is 1.40. The summed E-state index contributed by atoms with van der Waals surface area (Å²) in [6.45, 7) is 1.30. The van der Waals surface area contributed by atoms with Crippen molar-refractivity contribution in [2.24, 2.45) is 5.10 Å². The number of carbonyl (C=O) groups excluding carboxylic acids is 1. The molecule has 4 rings (SSSR count). The number of benzene rings is 3. The second-order valence-electron chi connectivity index (χ2n) is 7.18. The molecule has 10 heteroatoms. The predicted molar refractivity (Wildman–Crippen MR) is 133 cm³/mol. The van der Waals surface area contributed by atoms with Gasteiger partial charge in [-0.2, -0.15) is 9.78 Å². The smallest absolute Gasteiger partial charge is 0.282 e. The molecule has 172 valence electrons. The first-order valence-corrected chi connectivity index (χ1v) is 11.2. The van der Waals surface area contributed by atoms with E-state index in [4.69, 9.17) is 16.3 Å². The number of hydrogen-bond acceptors (Lipinski definition) is 5. The standard InChI is InChI=1S/C24H17BrClFN4O3/c1-14-29-20-8-6-16(25)11-18(20)24(33)31(14)28-12-15-10-17(26)7-9-22(15)34-13-23(32)30-21-5-3-2-4-19(21)27/h2-12H,13H2,1H3,(H,30,32). The molecule has 0 aliphatic heterocycles. The van der Waals surface area contributed by atoms with E-state index in [0.717, 1.165) is 4.47 Å². The zero-order valence-electron chi connectivity index (χ0n) is 17.8. The van der Waals surface area contributed by atoms with Gasteiger partial charge in [-0.3, -0.25) is 9.59 Å². The van der Waals surface area contributed by atoms with Gasteiger partial charge in [0.05, 0.1) is 22.8 Å². The Balaban J connectivity index is 1.58. The van der Waals surface area contributed by atoms with Gasteiger partial charge in [0.25, 0.3) is 11.5 Å². The number of ether oxygens (including phenoxy) is 1. The summed E-state index contributed by atoms with van der Waals surface area (Å²) < 4.78 is 21.3. The molecule has 0 spiro atoms. The minimum Gasteiger partial charge on any atom is -0.483 e. The fraction of sp³-hybridized carbons (Fsp3) is 0.0833. The van der Waals surface area contributed by atoms with Crippen molar-refractivity contribution in [2.45, 2.75) is 6.92 Å². The fourth-order valence-electron chi connectivity index (χ4n) is 3.16. The summed E-state index contributed by atoms with van der Waals surface area (Å²) in [5.74, 6) is -0.393. The van der Waals surface area contributed by atoms with Crippen LogP contribution in [0.2, 0.25) is 5.02 Å². The van der Waals surface area contributed by atoms with Crippen molar-refractivity contribution in [3.63, 3.8) is 0 Å². The van der Waals surface area contributed by atoms with Crippen LogP contribution in [0.25, 0.3) is 10.9 Å². The number of rotatable bonds is 6. The Hall–Kier alpha value is -3.56. The minimum atomic E-state index is -0.549. The van der Waals surface area contributed by atoms with Crippen LogP contribution in [0.4, 0.5) is 10.1 Å². The van der Waals surface area contributed by atoms with Gasteiger partial charge in [-0.05, 0) is 55.5 Å². The number of amides is 1. The first kappa shape index (κ1) is 23.6. The van der Waals surface area contributed by atoms with E-state index in [0.29, 0.717) is 33.1 Å². The molecule has 4 aromatic rings. The Morgan fingerprint density at radius 2 is 2.03 bits per heavy atom. The quantitative estimate of drug-likeness (QED) is 0.341. The first-order valence-electron chi connectivity index (χ1n) is 10.0. The van der Waals surface area contributed by atoms with Crippen molar-refractivity contribution in [2.75, 3.05) is 11.9 Å². The number of halogens is 3. The lowest BCUT2D eigenvalue weighted by Gasteiger charge is -2.11. The van der Waals surface area contributed by atoms with Crippen LogP contribution in [-0.4, -0.2) is 28.4 Å². The fourth-order valence-corrected chi connectivity index (χ4v) is 3.70. The highest BCUT2D eigenvalue weighted by Gasteiger charge is 2.11. The third-order valence-electron chi connectivity index (χ3n) is 4.76. The summed E-state index contributed by atoms with van der Waals surface area (Å²) in [6, 6.07) is 15.8. The van der Waals surface area contributed by atoms with Gasteiger partial charge in [-0.25, -0.2) is 9.37 Å². The number of aryl methyl sites for hydroxylation is 1. The van der Waals surface area contributed by atoms with E-state index in [2.05, 4.69) is 31.3 Å². The normalized spacial score (nSPS) is 11.2. The van der Waals surface area contributed by atoms with E-state index < -0.39 is 11.7 Å². The van der Waals surface area contributed by atoms with Crippen LogP contribution in [0.5, 0.6) is 5.75 Å². The number of aromatic nitrogens is 2. The summed E-state index contributed by atoms with van der Waals surface area (Å²) in [4.78, 5) is 29.6. The molecule has 0 unspecified atom stereocenters. The van der Waals surface area contributed by atoms with E-state index >= 15 is 0 Å². The number of para-hydroxylation sites is 1. The Bertz CT molecular complexity index is 1490. The van der Waals surface area contributed by atoms with E-state index in [1.165, 1.54) is 29.1 Å². The zero-order chi connectivity index (χ0) is 24.2. The molecule has 0 saturated carbocycles. The van der Waals surface area contributed by atoms with Crippen LogP contribution in [0.3, 0.4) is 0 Å². The van der Waals surface area contributed by atoms with Crippen molar-refractivity contribution in [1.82, 2.24) is 9.66 Å². The van der Waals surface area contributed by atoms with E-state index in [-0.39, 0.29) is 17.9 Å². The highest BCUT2D eigenvalue weighted by molar-refractivity contribution is 9.10. The lowest BCUT2D eigenvalue weighted by atomic mass is 10.2. The lowest BCUT2D eigenvalue weighted by Crippen LogP contribution is -2.21. The van der Waals surface area contributed by atoms with Gasteiger partial charge in [-0.1, -0.05) is 39.7 Å². The predicted octanol–water partition coefficient (Wildman–Crippen LogP) is 5.16. The Kier molecular flexibility index (Phi) is 7.04. The van der Waals surface area contributed by atoms with Gasteiger partial charge in [0.1, 0.15) is 17.4 Å². The van der Waals surface area contributed by atoms with E-state index in [1.807, 2.05) is 0 Å². The van der Waals surface area contributed by atoms with Crippen LogP contribution in [0.1, 0.15) is 11.4 Å². The molecule has 1 heterocycles. The summed E-state index contributed by atoms with van der Waals surface area (Å²) >= 11 is 9.48. The number of nitrogens with one attached hydrogen (secondary N) is 1. The molecule has 7 nitrogen and oxygen atoms in total. The Morgan fingerprint density at radius 3 is 2.82 bits per heavy atom. The van der Waals surface area contributed by atoms with Crippen molar-refractivity contribution < 1.29 is 13.9 Å². The number of fused-ring (bicyclic) bond motifs is 1. The number of carbonyl (C=O) groups is 1. The maximum atomic E-state index is 13.7. The maximum Gasteiger partial charge on any atom is 0.282 e. The molecular formula is C24H17BrClFN4O3. The van der Waals surface area contributed by atoms with Crippen molar-refractivity contribution in [1.29, 1.82) is 0 Å². The molecule has 34 heavy (non-hydrogen) atoms. The topological polar surface area (TPSA) is 85.6 Å². The SMILES string of the molecule is Cc1nc2ccc(Br)cc2c(=O)n1N=Cc1cc(Cl)ccc1OCC(=O)Nc1ccccc1F. The molecule has 0 aliphatic carbocycles. The average molecular weight is 544 g/mol. The van der Waals surface area contributed by atoms with Crippen molar-refractivity contribution in [3.8, 4) is 5.75 Å². The minimum absolute atomic E-state index is 0.0549. The monoisotopic (exact) mass is 542 g/mol. The lowest BCUT2D eigenvalue weighted by molar-refractivity contribution is -0.118. The summed E-state index contributed by atoms with van der Waals surface area (Å²) in [5, 5.41) is 7.54. The molecule has 0 saturated heterocycles. The molecule has 0 fully saturated rings. The number of anilines is 1. The largest absolute Gasteiger partial charge is 0.483 e. The van der Waals surface area contributed by atoms with Crippen LogP contribution in [0, 0.1) is 12.7 Å². The number of hydrogen-bond donors (Lipinski definition) is 1. The molecule has 0 atom stereocenters. The molecule has 1 amide bonds. The van der Waals surface area contributed by atoms with E-state index in [1.54, 1.807) is 49.4 Å². The average Bonchev–Trinajstić information content (AvgIpc) is 2.80. The van der Waals surface area contributed by atoms with Crippen LogP contribution in [-0.2, 0) is 4.79 Å². The van der Waals surface area contributed by atoms with Crippen LogP contribution in [0.15, 0.2) is 75.0 Å². The molecule has 3 aromatic carbocycles. The highest BCUT2D eigenvalue weighted by Crippen LogP contribution is 2.22. The zero-order valence-corrected chi connectivity index (χ0v) is 20.1. The van der Waals surface area contributed by atoms with Gasteiger partial charge in [0.2, 0.25) is 0 Å². The molecule has 0 bridgehead atoms. The van der Waals surface area contributed by atoms with Gasteiger partial charge >= 0.3 is 0 Å². The van der Waals surface area contributed by atoms with Crippen LogP contribution >= 0.6 is 27.5 Å². The van der Waals surface area contributed by atoms with Gasteiger partial charge < -0.3 is 10.1 Å². The number of nitrogens with zero attached hydrogens (tertiary/aromatic N) is 3. The van der Waals surface area contributed by atoms with Crippen molar-refractivity contribution >= 4 is 56.2 Å². The summed E-state index contributed by atoms with van der Waals surface area (Å²) in [7, 11) is 0. The maximum absolute atomic E-state index is 13.7. The van der Waals surface area contributed by atoms with Crippen molar-refractivity contribution in [3.05, 3.63) is 97.7 Å². The molecule has 0 radical (unpaired) electrons. The summed E-state index contributed by atoms with van der Waals surface area (Å²) in [5.41, 5.74) is 0.713. The van der Waals surface area contributed by atoms with Gasteiger partial charge in [-0.15, -0.1) is 0 Å². The molecular weight excluding hydrogens is 527 g/mol. The third-order valence-corrected chi connectivity index (χ3v) is 5.49. The Labute approximate surface area is 207 Å². The Morgan fingerprint density at radius 1 is 1.24 bits per heavy atom. The van der Waals surface area contributed by atoms with Crippen LogP contribution < -0.4 is 15.6 Å². The molecule has 1 aromatic heterocycles. The molecule has 1 N–H and O–H groups in total. The first-order chi connectivity index (χ1) is 16.3.